The zero-order valence-electron chi connectivity index (χ0n) is 14.3. The minimum absolute atomic E-state index is 0.745. The van der Waals surface area contributed by atoms with Crippen LogP contribution in [0.1, 0.15) is 6.42 Å². The molecule has 0 spiro atoms. The van der Waals surface area contributed by atoms with Crippen LogP contribution < -0.4 is 10.6 Å². The van der Waals surface area contributed by atoms with Gasteiger partial charge in [-0.2, -0.15) is 0 Å². The lowest BCUT2D eigenvalue weighted by molar-refractivity contribution is 0.405. The number of fused-ring (bicyclic) bond motifs is 1. The Morgan fingerprint density at radius 2 is 2.00 bits per heavy atom. The van der Waals surface area contributed by atoms with Gasteiger partial charge in [-0.15, -0.1) is 0 Å². The van der Waals surface area contributed by atoms with E-state index in [0.29, 0.717) is 0 Å². The predicted molar refractivity (Wildman–Crippen MR) is 106 cm³/mol. The molecule has 0 saturated heterocycles. The molecule has 0 aliphatic carbocycles. The maximum absolute atomic E-state index is 4.49. The van der Waals surface area contributed by atoms with Gasteiger partial charge in [0.1, 0.15) is 18.0 Å². The molecule has 1 aromatic carbocycles. The molecule has 2 heterocycles. The first-order chi connectivity index (χ1) is 12.1. The molecule has 6 nitrogen and oxygen atoms in total. The number of aromatic nitrogens is 3. The molecule has 0 aliphatic heterocycles. The Balaban J connectivity index is 1.75. The molecule has 0 radical (unpaired) electrons. The molecule has 0 amide bonds. The highest BCUT2D eigenvalue weighted by Gasteiger charge is 2.06. The Bertz CT molecular complexity index is 852. The fraction of sp³-hybridized carbons (Fsp3) is 0.278. The van der Waals surface area contributed by atoms with Crippen molar-refractivity contribution in [3.8, 4) is 0 Å². The maximum Gasteiger partial charge on any atom is 0.143 e. The molecule has 0 unspecified atom stereocenters. The summed E-state index contributed by atoms with van der Waals surface area (Å²) in [7, 11) is 4.15. The number of hydrogen-bond acceptors (Lipinski definition) is 6. The van der Waals surface area contributed by atoms with Gasteiger partial charge >= 0.3 is 0 Å². The lowest BCUT2D eigenvalue weighted by Gasteiger charge is -2.11. The number of benzene rings is 1. The van der Waals surface area contributed by atoms with Crippen molar-refractivity contribution in [1.29, 1.82) is 0 Å². The minimum atomic E-state index is 0.745. The molecular formula is C18H21BrN6. The Labute approximate surface area is 155 Å². The standard InChI is InChI=1S/C18H21BrN6/c1-25(2)8-4-7-20-17-10-16-15(11-21-17)18(23-12-22-16)24-14-6-3-5-13(19)9-14/h3,5-6,9-12H,4,7-8H2,1-2H3,(H,20,21)(H,22,23,24). The van der Waals surface area contributed by atoms with Gasteiger partial charge in [-0.3, -0.25) is 0 Å². The van der Waals surface area contributed by atoms with E-state index in [1.165, 1.54) is 0 Å². The zero-order chi connectivity index (χ0) is 17.6. The summed E-state index contributed by atoms with van der Waals surface area (Å²) in [6.07, 6.45) is 4.44. The van der Waals surface area contributed by atoms with Gasteiger partial charge in [-0.1, -0.05) is 22.0 Å². The average Bonchev–Trinajstić information content (AvgIpc) is 2.59. The van der Waals surface area contributed by atoms with Crippen LogP contribution in [0.2, 0.25) is 0 Å². The molecule has 7 heteroatoms. The van der Waals surface area contributed by atoms with E-state index in [1.54, 1.807) is 6.33 Å². The highest BCUT2D eigenvalue weighted by molar-refractivity contribution is 9.10. The van der Waals surface area contributed by atoms with E-state index in [2.05, 4.69) is 60.5 Å². The van der Waals surface area contributed by atoms with Gasteiger partial charge in [-0.25, -0.2) is 15.0 Å². The van der Waals surface area contributed by atoms with Crippen molar-refractivity contribution in [2.75, 3.05) is 37.8 Å². The topological polar surface area (TPSA) is 66.0 Å². The third kappa shape index (κ3) is 4.87. The van der Waals surface area contributed by atoms with Crippen LogP contribution in [-0.2, 0) is 0 Å². The summed E-state index contributed by atoms with van der Waals surface area (Å²) in [4.78, 5) is 15.4. The molecule has 0 fully saturated rings. The number of rotatable bonds is 7. The highest BCUT2D eigenvalue weighted by atomic mass is 79.9. The van der Waals surface area contributed by atoms with E-state index in [-0.39, 0.29) is 0 Å². The SMILES string of the molecule is CN(C)CCCNc1cc2ncnc(Nc3cccc(Br)c3)c2cn1. The van der Waals surface area contributed by atoms with Crippen LogP contribution in [0.25, 0.3) is 10.9 Å². The first-order valence-corrected chi connectivity index (χ1v) is 8.93. The van der Waals surface area contributed by atoms with Crippen LogP contribution in [0.5, 0.6) is 0 Å². The molecule has 0 saturated carbocycles. The summed E-state index contributed by atoms with van der Waals surface area (Å²) >= 11 is 3.48. The van der Waals surface area contributed by atoms with Gasteiger partial charge in [0.15, 0.2) is 0 Å². The molecular weight excluding hydrogens is 380 g/mol. The van der Waals surface area contributed by atoms with Gasteiger partial charge in [-0.05, 0) is 45.3 Å². The Hall–Kier alpha value is -2.25. The second-order valence-electron chi connectivity index (χ2n) is 6.03. The fourth-order valence-electron chi connectivity index (χ4n) is 2.46. The van der Waals surface area contributed by atoms with Crippen LogP contribution in [-0.4, -0.2) is 47.0 Å². The predicted octanol–water partition coefficient (Wildman–Crippen LogP) is 3.89. The van der Waals surface area contributed by atoms with E-state index >= 15 is 0 Å². The largest absolute Gasteiger partial charge is 0.370 e. The zero-order valence-corrected chi connectivity index (χ0v) is 15.9. The Kier molecular flexibility index (Phi) is 5.78. The van der Waals surface area contributed by atoms with Crippen molar-refractivity contribution in [1.82, 2.24) is 19.9 Å². The number of nitrogens with zero attached hydrogens (tertiary/aromatic N) is 4. The smallest absolute Gasteiger partial charge is 0.143 e. The van der Waals surface area contributed by atoms with Crippen molar-refractivity contribution in [3.05, 3.63) is 47.3 Å². The Morgan fingerprint density at radius 1 is 1.12 bits per heavy atom. The molecule has 130 valence electrons. The van der Waals surface area contributed by atoms with Gasteiger partial charge < -0.3 is 15.5 Å². The summed E-state index contributed by atoms with van der Waals surface area (Å²) in [5.74, 6) is 1.58. The summed E-state index contributed by atoms with van der Waals surface area (Å²) in [6, 6.07) is 9.91. The van der Waals surface area contributed by atoms with Gasteiger partial charge in [0.25, 0.3) is 0 Å². The third-order valence-corrected chi connectivity index (χ3v) is 4.19. The van der Waals surface area contributed by atoms with Crippen molar-refractivity contribution in [2.45, 2.75) is 6.42 Å². The molecule has 25 heavy (non-hydrogen) atoms. The van der Waals surface area contributed by atoms with E-state index in [9.17, 15) is 0 Å². The normalized spacial score (nSPS) is 11.0. The Morgan fingerprint density at radius 3 is 2.80 bits per heavy atom. The van der Waals surface area contributed by atoms with E-state index in [4.69, 9.17) is 0 Å². The van der Waals surface area contributed by atoms with Crippen LogP contribution in [0.3, 0.4) is 0 Å². The third-order valence-electron chi connectivity index (χ3n) is 3.70. The molecule has 2 aromatic heterocycles. The number of halogens is 1. The summed E-state index contributed by atoms with van der Waals surface area (Å²) in [5.41, 5.74) is 1.82. The molecule has 2 N–H and O–H groups in total. The maximum atomic E-state index is 4.49. The molecule has 0 atom stereocenters. The van der Waals surface area contributed by atoms with E-state index in [1.807, 2.05) is 36.5 Å². The minimum Gasteiger partial charge on any atom is -0.370 e. The van der Waals surface area contributed by atoms with Crippen LogP contribution in [0, 0.1) is 0 Å². The van der Waals surface area contributed by atoms with Gasteiger partial charge in [0.05, 0.1) is 10.9 Å². The van der Waals surface area contributed by atoms with Crippen LogP contribution >= 0.6 is 15.9 Å². The van der Waals surface area contributed by atoms with Crippen molar-refractivity contribution < 1.29 is 0 Å². The highest BCUT2D eigenvalue weighted by Crippen LogP contribution is 2.25. The number of anilines is 3. The summed E-state index contributed by atoms with van der Waals surface area (Å²) < 4.78 is 1.01. The molecule has 3 aromatic rings. The fourth-order valence-corrected chi connectivity index (χ4v) is 2.86. The molecule has 3 rings (SSSR count). The molecule has 0 bridgehead atoms. The number of nitrogens with one attached hydrogen (secondary N) is 2. The summed E-state index contributed by atoms with van der Waals surface area (Å²) in [6.45, 7) is 1.92. The molecule has 0 aliphatic rings. The second-order valence-corrected chi connectivity index (χ2v) is 6.94. The van der Waals surface area contributed by atoms with Crippen LogP contribution in [0.15, 0.2) is 47.3 Å². The van der Waals surface area contributed by atoms with Crippen molar-refractivity contribution in [2.24, 2.45) is 0 Å². The van der Waals surface area contributed by atoms with Crippen LogP contribution in [0.4, 0.5) is 17.3 Å². The monoisotopic (exact) mass is 400 g/mol. The second kappa shape index (κ2) is 8.22. The first kappa shape index (κ1) is 17.6. The van der Waals surface area contributed by atoms with Gasteiger partial charge in [0.2, 0.25) is 0 Å². The van der Waals surface area contributed by atoms with Crippen molar-refractivity contribution in [3.63, 3.8) is 0 Å². The van der Waals surface area contributed by atoms with E-state index < -0.39 is 0 Å². The van der Waals surface area contributed by atoms with Crippen molar-refractivity contribution >= 4 is 44.2 Å². The first-order valence-electron chi connectivity index (χ1n) is 8.14. The number of pyridine rings is 1. The lowest BCUT2D eigenvalue weighted by Crippen LogP contribution is -2.16. The average molecular weight is 401 g/mol. The lowest BCUT2D eigenvalue weighted by atomic mass is 10.2. The quantitative estimate of drug-likeness (QED) is 0.586. The summed E-state index contributed by atoms with van der Waals surface area (Å²) in [5, 5.41) is 7.56. The van der Waals surface area contributed by atoms with Gasteiger partial charge in [0, 0.05) is 29.0 Å². The van der Waals surface area contributed by atoms with E-state index in [0.717, 1.165) is 52.2 Å². The number of hydrogen-bond donors (Lipinski definition) is 2.